The van der Waals surface area contributed by atoms with Crippen LogP contribution in [0, 0.1) is 0 Å². The number of methoxy groups -OCH3 is 1. The highest BCUT2D eigenvalue weighted by Gasteiger charge is 2.13. The number of halogens is 1. The van der Waals surface area contributed by atoms with E-state index in [0.717, 1.165) is 12.1 Å². The molecule has 2 heterocycles. The summed E-state index contributed by atoms with van der Waals surface area (Å²) >= 11 is 6.07. The predicted octanol–water partition coefficient (Wildman–Crippen LogP) is 3.21. The van der Waals surface area contributed by atoms with Crippen molar-refractivity contribution in [2.45, 2.75) is 13.3 Å². The molecule has 0 saturated carbocycles. The predicted molar refractivity (Wildman–Crippen MR) is 88.3 cm³/mol. The van der Waals surface area contributed by atoms with Crippen LogP contribution in [0.4, 0.5) is 5.69 Å². The van der Waals surface area contributed by atoms with Crippen LogP contribution < -0.4 is 10.1 Å². The van der Waals surface area contributed by atoms with Gasteiger partial charge in [0.15, 0.2) is 5.65 Å². The van der Waals surface area contributed by atoms with Crippen molar-refractivity contribution >= 4 is 28.8 Å². The molecule has 0 atom stereocenters. The van der Waals surface area contributed by atoms with E-state index < -0.39 is 0 Å². The molecule has 0 spiro atoms. The van der Waals surface area contributed by atoms with Crippen LogP contribution in [0.25, 0.3) is 5.65 Å². The van der Waals surface area contributed by atoms with Crippen LogP contribution in [0.5, 0.6) is 5.75 Å². The van der Waals surface area contributed by atoms with Gasteiger partial charge in [0.1, 0.15) is 11.4 Å². The molecular weight excluding hydrogens is 316 g/mol. The summed E-state index contributed by atoms with van der Waals surface area (Å²) in [4.78, 5) is 16.8. The number of carbonyl (C=O) groups is 1. The molecule has 7 heteroatoms. The van der Waals surface area contributed by atoms with E-state index in [1.807, 2.05) is 6.92 Å². The topological polar surface area (TPSA) is 68.5 Å². The second-order valence-electron chi connectivity index (χ2n) is 4.89. The Balaban J connectivity index is 1.90. The van der Waals surface area contributed by atoms with Crippen molar-refractivity contribution in [1.82, 2.24) is 14.6 Å². The minimum Gasteiger partial charge on any atom is -0.495 e. The maximum atomic E-state index is 12.4. The monoisotopic (exact) mass is 330 g/mol. The number of anilines is 1. The zero-order valence-electron chi connectivity index (χ0n) is 12.7. The Morgan fingerprint density at radius 2 is 2.17 bits per heavy atom. The lowest BCUT2D eigenvalue weighted by Crippen LogP contribution is -2.15. The molecule has 3 rings (SSSR count). The maximum absolute atomic E-state index is 12.4. The number of amides is 1. The number of fused-ring (bicyclic) bond motifs is 1. The van der Waals surface area contributed by atoms with E-state index in [4.69, 9.17) is 16.3 Å². The lowest BCUT2D eigenvalue weighted by molar-refractivity contribution is 0.102. The number of carbonyl (C=O) groups excluding carboxylic acids is 1. The van der Waals surface area contributed by atoms with E-state index in [1.54, 1.807) is 41.0 Å². The number of ether oxygens (including phenoxy) is 1. The molecule has 0 saturated heterocycles. The molecule has 0 radical (unpaired) electrons. The van der Waals surface area contributed by atoms with E-state index in [2.05, 4.69) is 15.4 Å². The summed E-state index contributed by atoms with van der Waals surface area (Å²) in [7, 11) is 1.54. The quantitative estimate of drug-likeness (QED) is 0.797. The number of benzene rings is 1. The van der Waals surface area contributed by atoms with Crippen molar-refractivity contribution in [2.24, 2.45) is 0 Å². The van der Waals surface area contributed by atoms with Crippen molar-refractivity contribution in [2.75, 3.05) is 12.4 Å². The van der Waals surface area contributed by atoms with E-state index in [9.17, 15) is 4.79 Å². The van der Waals surface area contributed by atoms with Crippen molar-refractivity contribution in [3.63, 3.8) is 0 Å². The smallest absolute Gasteiger partial charge is 0.274 e. The molecular formula is C16H15ClN4O2. The first-order valence-electron chi connectivity index (χ1n) is 7.11. The standard InChI is InChI=1S/C16H15ClN4O2/c1-3-11-9-13(20-15-6-7-18-21(11)15)16(22)19-10-4-5-14(23-2)12(17)8-10/h4-9H,3H2,1-2H3,(H,19,22). The van der Waals surface area contributed by atoms with Gasteiger partial charge in [-0.05, 0) is 30.7 Å². The molecule has 0 aliphatic heterocycles. The SMILES string of the molecule is CCc1cc(C(=O)Nc2ccc(OC)c(Cl)c2)nc2ccnn12. The molecule has 0 aliphatic carbocycles. The Labute approximate surface area is 138 Å². The summed E-state index contributed by atoms with van der Waals surface area (Å²) in [6.07, 6.45) is 2.40. The molecule has 0 aliphatic rings. The first-order chi connectivity index (χ1) is 11.1. The number of rotatable bonds is 4. The van der Waals surface area contributed by atoms with Gasteiger partial charge >= 0.3 is 0 Å². The summed E-state index contributed by atoms with van der Waals surface area (Å²) in [6.45, 7) is 2.00. The summed E-state index contributed by atoms with van der Waals surface area (Å²) in [5, 5.41) is 7.41. The van der Waals surface area contributed by atoms with Gasteiger partial charge in [0, 0.05) is 17.4 Å². The summed E-state index contributed by atoms with van der Waals surface area (Å²) in [6, 6.07) is 8.56. The van der Waals surface area contributed by atoms with E-state index >= 15 is 0 Å². The number of aromatic nitrogens is 3. The first-order valence-corrected chi connectivity index (χ1v) is 7.48. The average Bonchev–Trinajstić information content (AvgIpc) is 3.02. The highest BCUT2D eigenvalue weighted by atomic mass is 35.5. The van der Waals surface area contributed by atoms with Crippen LogP contribution in [0.15, 0.2) is 36.5 Å². The lowest BCUT2D eigenvalue weighted by Gasteiger charge is -2.09. The second kappa shape index (κ2) is 6.26. The van der Waals surface area contributed by atoms with Gasteiger partial charge in [-0.2, -0.15) is 5.10 Å². The van der Waals surface area contributed by atoms with Crippen molar-refractivity contribution in [3.8, 4) is 5.75 Å². The van der Waals surface area contributed by atoms with Crippen molar-refractivity contribution < 1.29 is 9.53 Å². The van der Waals surface area contributed by atoms with Crippen molar-refractivity contribution in [1.29, 1.82) is 0 Å². The van der Waals surface area contributed by atoms with Crippen LogP contribution >= 0.6 is 11.6 Å². The summed E-state index contributed by atoms with van der Waals surface area (Å²) < 4.78 is 6.82. The van der Waals surface area contributed by atoms with Gasteiger partial charge < -0.3 is 10.1 Å². The molecule has 3 aromatic rings. The average molecular weight is 331 g/mol. The lowest BCUT2D eigenvalue weighted by atomic mass is 10.2. The van der Waals surface area contributed by atoms with Gasteiger partial charge in [-0.1, -0.05) is 18.5 Å². The zero-order chi connectivity index (χ0) is 16.4. The van der Waals surface area contributed by atoms with Crippen LogP contribution in [0.1, 0.15) is 23.1 Å². The van der Waals surface area contributed by atoms with Gasteiger partial charge in [-0.15, -0.1) is 0 Å². The molecule has 1 amide bonds. The second-order valence-corrected chi connectivity index (χ2v) is 5.30. The van der Waals surface area contributed by atoms with Crippen LogP contribution in [-0.2, 0) is 6.42 Å². The number of aryl methyl sites for hydroxylation is 1. The van der Waals surface area contributed by atoms with Gasteiger partial charge in [0.25, 0.3) is 5.91 Å². The molecule has 0 unspecified atom stereocenters. The largest absolute Gasteiger partial charge is 0.495 e. The number of hydrogen-bond donors (Lipinski definition) is 1. The molecule has 1 aromatic carbocycles. The van der Waals surface area contributed by atoms with E-state index in [-0.39, 0.29) is 5.91 Å². The third kappa shape index (κ3) is 2.98. The Bertz CT molecular complexity index is 876. The highest BCUT2D eigenvalue weighted by molar-refractivity contribution is 6.32. The first kappa shape index (κ1) is 15.3. The van der Waals surface area contributed by atoms with E-state index in [0.29, 0.717) is 27.8 Å². The van der Waals surface area contributed by atoms with Gasteiger partial charge in [0.2, 0.25) is 0 Å². The van der Waals surface area contributed by atoms with Gasteiger partial charge in [-0.3, -0.25) is 4.79 Å². The van der Waals surface area contributed by atoms with Crippen LogP contribution in [0.2, 0.25) is 5.02 Å². The minimum absolute atomic E-state index is 0.301. The van der Waals surface area contributed by atoms with Crippen LogP contribution in [-0.4, -0.2) is 27.6 Å². The fourth-order valence-corrected chi connectivity index (χ4v) is 2.54. The molecule has 0 bridgehead atoms. The maximum Gasteiger partial charge on any atom is 0.274 e. The third-order valence-electron chi connectivity index (χ3n) is 3.44. The molecule has 118 valence electrons. The Hall–Kier alpha value is -2.60. The van der Waals surface area contributed by atoms with Gasteiger partial charge in [0.05, 0.1) is 18.3 Å². The molecule has 6 nitrogen and oxygen atoms in total. The fraction of sp³-hybridized carbons (Fsp3) is 0.188. The Morgan fingerprint density at radius 3 is 2.87 bits per heavy atom. The zero-order valence-corrected chi connectivity index (χ0v) is 13.5. The number of nitrogens with one attached hydrogen (secondary N) is 1. The van der Waals surface area contributed by atoms with Gasteiger partial charge in [-0.25, -0.2) is 9.50 Å². The Morgan fingerprint density at radius 1 is 1.35 bits per heavy atom. The third-order valence-corrected chi connectivity index (χ3v) is 3.73. The summed E-state index contributed by atoms with van der Waals surface area (Å²) in [5.41, 5.74) is 2.47. The summed E-state index contributed by atoms with van der Waals surface area (Å²) in [5.74, 6) is 0.251. The van der Waals surface area contributed by atoms with Crippen LogP contribution in [0.3, 0.4) is 0 Å². The highest BCUT2D eigenvalue weighted by Crippen LogP contribution is 2.27. The normalized spacial score (nSPS) is 10.7. The molecule has 1 N–H and O–H groups in total. The van der Waals surface area contributed by atoms with Crippen molar-refractivity contribution in [3.05, 3.63) is 52.9 Å². The molecule has 2 aromatic heterocycles. The number of nitrogens with zero attached hydrogens (tertiary/aromatic N) is 3. The molecule has 0 fully saturated rings. The fourth-order valence-electron chi connectivity index (χ4n) is 2.28. The molecule has 23 heavy (non-hydrogen) atoms. The Kier molecular flexibility index (Phi) is 4.16. The number of hydrogen-bond acceptors (Lipinski definition) is 4. The minimum atomic E-state index is -0.301. The van der Waals surface area contributed by atoms with E-state index in [1.165, 1.54) is 7.11 Å².